The van der Waals surface area contributed by atoms with E-state index in [0.717, 1.165) is 108 Å². The van der Waals surface area contributed by atoms with Crippen LogP contribution < -0.4 is 0 Å². The van der Waals surface area contributed by atoms with Gasteiger partial charge in [-0.15, -0.1) is 0 Å². The maximum atomic E-state index is 13.1. The normalized spacial score (nSPS) is 14.1. The summed E-state index contributed by atoms with van der Waals surface area (Å²) in [5.74, 6) is 0.208. The summed E-state index contributed by atoms with van der Waals surface area (Å²) in [4.78, 5) is 72.8. The first kappa shape index (κ1) is 94.1. The summed E-state index contributed by atoms with van der Waals surface area (Å²) in [5, 5.41) is 10.6. The van der Waals surface area contributed by atoms with Gasteiger partial charge in [0.1, 0.15) is 19.3 Å². The Balaban J connectivity index is 5.21. The predicted molar refractivity (Wildman–Crippen MR) is 391 cm³/mol. The van der Waals surface area contributed by atoms with Gasteiger partial charge < -0.3 is 33.8 Å². The van der Waals surface area contributed by atoms with Crippen molar-refractivity contribution in [2.75, 3.05) is 39.6 Å². The average molecular weight is 1410 g/mol. The lowest BCUT2D eigenvalue weighted by atomic mass is 10.0. The van der Waals surface area contributed by atoms with Gasteiger partial charge in [0, 0.05) is 25.7 Å². The Morgan fingerprint density at radius 2 is 0.479 bits per heavy atom. The van der Waals surface area contributed by atoms with Crippen LogP contribution in [0.2, 0.25) is 0 Å². The molecule has 0 saturated heterocycles. The van der Waals surface area contributed by atoms with E-state index in [9.17, 15) is 43.2 Å². The highest BCUT2D eigenvalue weighted by Gasteiger charge is 2.30. The van der Waals surface area contributed by atoms with Gasteiger partial charge in [0.15, 0.2) is 12.2 Å². The summed E-state index contributed by atoms with van der Waals surface area (Å²) in [5.41, 5.74) is 0. The van der Waals surface area contributed by atoms with E-state index in [4.69, 9.17) is 37.0 Å². The van der Waals surface area contributed by atoms with Crippen LogP contribution in [0, 0.1) is 17.8 Å². The van der Waals surface area contributed by atoms with Gasteiger partial charge in [0.25, 0.3) is 0 Å². The molecule has 96 heavy (non-hydrogen) atoms. The Labute approximate surface area is 588 Å². The molecule has 0 spiro atoms. The summed E-state index contributed by atoms with van der Waals surface area (Å²) in [7, 11) is -9.91. The number of aliphatic hydroxyl groups is 1. The molecule has 0 aromatic heterocycles. The fourth-order valence-corrected chi connectivity index (χ4v) is 13.4. The van der Waals surface area contributed by atoms with Gasteiger partial charge in [-0.2, -0.15) is 0 Å². The van der Waals surface area contributed by atoms with E-state index < -0.39 is 97.5 Å². The zero-order valence-corrected chi connectivity index (χ0v) is 64.6. The number of ether oxygens (including phenoxy) is 4. The van der Waals surface area contributed by atoms with Crippen molar-refractivity contribution in [1.82, 2.24) is 0 Å². The van der Waals surface area contributed by atoms with Crippen molar-refractivity contribution in [3.8, 4) is 0 Å². The number of carbonyl (C=O) groups is 4. The molecule has 0 amide bonds. The standard InChI is InChI=1S/C77H150O17P2/c1-8-9-10-11-12-27-37-44-51-58-74(79)87-64-73(94-77(82)61-54-47-40-33-32-36-43-50-57-70(6)7)67-92-96(85,86)90-63-71(78)62-89-95(83,84)91-66-72(65-88-75(80)59-52-45-38-30-25-21-18-17-20-24-29-35-42-49-56-69(4)5)93-76(81)60-53-46-39-31-26-22-16-14-13-15-19-23-28-34-41-48-55-68(2)3/h68-73,78H,8-67H2,1-7H3,(H,83,84)(H,85,86)/t71-,72-,73-/m1/s1. The molecule has 0 aromatic rings. The lowest BCUT2D eigenvalue weighted by molar-refractivity contribution is -0.161. The molecule has 0 rings (SSSR count). The second-order valence-electron chi connectivity index (χ2n) is 29.2. The van der Waals surface area contributed by atoms with Gasteiger partial charge in [-0.25, -0.2) is 9.13 Å². The summed E-state index contributed by atoms with van der Waals surface area (Å²) < 4.78 is 68.5. The van der Waals surface area contributed by atoms with E-state index in [2.05, 4.69) is 48.5 Å². The van der Waals surface area contributed by atoms with Crippen LogP contribution in [0.25, 0.3) is 0 Å². The first-order valence-electron chi connectivity index (χ1n) is 39.8. The molecule has 17 nitrogen and oxygen atoms in total. The maximum absolute atomic E-state index is 13.1. The van der Waals surface area contributed by atoms with E-state index in [-0.39, 0.29) is 25.7 Å². The summed E-state index contributed by atoms with van der Waals surface area (Å²) >= 11 is 0. The molecule has 0 aliphatic heterocycles. The third-order valence-corrected chi connectivity index (χ3v) is 19.8. The number of hydrogen-bond acceptors (Lipinski definition) is 15. The fraction of sp³-hybridized carbons (Fsp3) is 0.948. The van der Waals surface area contributed by atoms with Crippen LogP contribution in [-0.4, -0.2) is 96.7 Å². The Bertz CT molecular complexity index is 1870. The summed E-state index contributed by atoms with van der Waals surface area (Å²) in [6.45, 7) is 11.9. The number of aliphatic hydroxyl groups excluding tert-OH is 1. The Morgan fingerprint density at radius 1 is 0.281 bits per heavy atom. The van der Waals surface area contributed by atoms with E-state index in [0.29, 0.717) is 25.7 Å². The highest BCUT2D eigenvalue weighted by atomic mass is 31.2. The molecular weight excluding hydrogens is 1260 g/mol. The largest absolute Gasteiger partial charge is 0.472 e. The summed E-state index contributed by atoms with van der Waals surface area (Å²) in [6, 6.07) is 0. The van der Waals surface area contributed by atoms with Crippen molar-refractivity contribution in [3.05, 3.63) is 0 Å². The van der Waals surface area contributed by atoms with Gasteiger partial charge >= 0.3 is 39.5 Å². The number of esters is 4. The molecule has 2 unspecified atom stereocenters. The molecule has 0 heterocycles. The van der Waals surface area contributed by atoms with Gasteiger partial charge in [0.05, 0.1) is 26.4 Å². The third-order valence-electron chi connectivity index (χ3n) is 17.9. The molecule has 5 atom stereocenters. The van der Waals surface area contributed by atoms with Crippen molar-refractivity contribution >= 4 is 39.5 Å². The van der Waals surface area contributed by atoms with Crippen LogP contribution in [0.4, 0.5) is 0 Å². The topological polar surface area (TPSA) is 237 Å². The van der Waals surface area contributed by atoms with Gasteiger partial charge in [-0.3, -0.25) is 37.3 Å². The number of phosphoric acid groups is 2. The first-order chi connectivity index (χ1) is 46.2. The molecule has 0 aromatic carbocycles. The van der Waals surface area contributed by atoms with Crippen LogP contribution in [0.1, 0.15) is 395 Å². The molecule has 570 valence electrons. The number of phosphoric ester groups is 2. The minimum atomic E-state index is -4.96. The molecule has 3 N–H and O–H groups in total. The van der Waals surface area contributed by atoms with E-state index in [1.54, 1.807) is 0 Å². The molecule has 0 aliphatic rings. The number of rotatable bonds is 75. The predicted octanol–water partition coefficient (Wildman–Crippen LogP) is 22.6. The van der Waals surface area contributed by atoms with Crippen molar-refractivity contribution in [2.45, 2.75) is 414 Å². The zero-order valence-electron chi connectivity index (χ0n) is 62.8. The fourth-order valence-electron chi connectivity index (χ4n) is 11.8. The lowest BCUT2D eigenvalue weighted by Gasteiger charge is -2.21. The summed E-state index contributed by atoms with van der Waals surface area (Å²) in [6.07, 6.45) is 54.2. The van der Waals surface area contributed by atoms with E-state index in [1.807, 2.05) is 0 Å². The van der Waals surface area contributed by atoms with Gasteiger partial charge in [-0.05, 0) is 43.4 Å². The maximum Gasteiger partial charge on any atom is 0.472 e. The quantitative estimate of drug-likeness (QED) is 0.0222. The van der Waals surface area contributed by atoms with Crippen LogP contribution in [-0.2, 0) is 65.4 Å². The number of hydrogen-bond donors (Lipinski definition) is 3. The molecule has 0 saturated carbocycles. The monoisotopic (exact) mass is 1410 g/mol. The Kier molecular flexibility index (Phi) is 66.2. The molecule has 0 aliphatic carbocycles. The number of carbonyl (C=O) groups excluding carboxylic acids is 4. The lowest BCUT2D eigenvalue weighted by Crippen LogP contribution is -2.30. The number of unbranched alkanes of at least 4 members (excludes halogenated alkanes) is 43. The van der Waals surface area contributed by atoms with Crippen LogP contribution in [0.15, 0.2) is 0 Å². The third kappa shape index (κ3) is 70.5. The first-order valence-corrected chi connectivity index (χ1v) is 42.8. The Hall–Kier alpha value is -1.94. The zero-order chi connectivity index (χ0) is 70.9. The minimum absolute atomic E-state index is 0.104. The molecule has 0 radical (unpaired) electrons. The molecule has 19 heteroatoms. The van der Waals surface area contributed by atoms with Crippen molar-refractivity contribution in [2.24, 2.45) is 17.8 Å². The van der Waals surface area contributed by atoms with Crippen LogP contribution >= 0.6 is 15.6 Å². The molecule has 0 bridgehead atoms. The molecule has 0 fully saturated rings. The van der Waals surface area contributed by atoms with E-state index >= 15 is 0 Å². The van der Waals surface area contributed by atoms with E-state index in [1.165, 1.54) is 205 Å². The average Bonchev–Trinajstić information content (AvgIpc) is 1.58. The minimum Gasteiger partial charge on any atom is -0.462 e. The van der Waals surface area contributed by atoms with Crippen LogP contribution in [0.3, 0.4) is 0 Å². The van der Waals surface area contributed by atoms with Crippen LogP contribution in [0.5, 0.6) is 0 Å². The van der Waals surface area contributed by atoms with Crippen molar-refractivity contribution < 1.29 is 80.2 Å². The smallest absolute Gasteiger partial charge is 0.462 e. The second-order valence-corrected chi connectivity index (χ2v) is 32.1. The van der Waals surface area contributed by atoms with Crippen molar-refractivity contribution in [1.29, 1.82) is 0 Å². The van der Waals surface area contributed by atoms with Gasteiger partial charge in [0.2, 0.25) is 0 Å². The Morgan fingerprint density at radius 3 is 0.708 bits per heavy atom. The molecular formula is C77H150O17P2. The second kappa shape index (κ2) is 67.5. The highest BCUT2D eigenvalue weighted by Crippen LogP contribution is 2.45. The van der Waals surface area contributed by atoms with Crippen molar-refractivity contribution in [3.63, 3.8) is 0 Å². The van der Waals surface area contributed by atoms with Gasteiger partial charge in [-0.1, -0.05) is 344 Å². The SMILES string of the molecule is CCCCCCCCCCCC(=O)OC[C@H](COP(=O)(O)OC[C@H](O)COP(=O)(O)OC[C@@H](COC(=O)CCCCCCCCCCCCCCCCC(C)C)OC(=O)CCCCCCCCCCCCCCCCCCC(C)C)OC(=O)CCCCCCCCCCC(C)C. The highest BCUT2D eigenvalue weighted by molar-refractivity contribution is 7.47.